The van der Waals surface area contributed by atoms with Crippen molar-refractivity contribution in [3.63, 3.8) is 0 Å². The van der Waals surface area contributed by atoms with Gasteiger partial charge in [0.25, 0.3) is 5.91 Å². The van der Waals surface area contributed by atoms with Gasteiger partial charge >= 0.3 is 0 Å². The van der Waals surface area contributed by atoms with Crippen LogP contribution in [-0.4, -0.2) is 48.2 Å². The predicted octanol–water partition coefficient (Wildman–Crippen LogP) is 0.384. The SMILES string of the molecule is Cc1cc(C(=O)N(C)CC2(O)CCNC2)co1. The molecule has 5 nitrogen and oxygen atoms in total. The van der Waals surface area contributed by atoms with Gasteiger partial charge in [0.2, 0.25) is 0 Å². The minimum Gasteiger partial charge on any atom is -0.469 e. The van der Waals surface area contributed by atoms with E-state index >= 15 is 0 Å². The van der Waals surface area contributed by atoms with Crippen molar-refractivity contribution >= 4 is 5.91 Å². The zero-order valence-corrected chi connectivity index (χ0v) is 10.2. The first-order valence-corrected chi connectivity index (χ1v) is 5.74. The smallest absolute Gasteiger partial charge is 0.256 e. The van der Waals surface area contributed by atoms with E-state index in [-0.39, 0.29) is 5.91 Å². The zero-order chi connectivity index (χ0) is 12.5. The second kappa shape index (κ2) is 4.50. The van der Waals surface area contributed by atoms with E-state index < -0.39 is 5.60 Å². The van der Waals surface area contributed by atoms with Crippen LogP contribution in [0.15, 0.2) is 16.7 Å². The monoisotopic (exact) mass is 238 g/mol. The molecule has 1 fully saturated rings. The molecule has 94 valence electrons. The Balaban J connectivity index is 2.00. The maximum atomic E-state index is 12.0. The Morgan fingerprint density at radius 2 is 2.47 bits per heavy atom. The van der Waals surface area contributed by atoms with E-state index in [2.05, 4.69) is 5.32 Å². The summed E-state index contributed by atoms with van der Waals surface area (Å²) in [7, 11) is 1.70. The lowest BCUT2D eigenvalue weighted by atomic mass is 10.0. The molecule has 0 saturated carbocycles. The third kappa shape index (κ3) is 2.68. The number of hydrogen-bond donors (Lipinski definition) is 2. The summed E-state index contributed by atoms with van der Waals surface area (Å²) >= 11 is 0. The molecule has 1 saturated heterocycles. The van der Waals surface area contributed by atoms with Gasteiger partial charge in [0.05, 0.1) is 17.7 Å². The number of amides is 1. The van der Waals surface area contributed by atoms with Gasteiger partial charge in [-0.25, -0.2) is 0 Å². The molecule has 0 aliphatic carbocycles. The Bertz CT molecular complexity index is 408. The van der Waals surface area contributed by atoms with Gasteiger partial charge in [0, 0.05) is 13.6 Å². The molecule has 1 aliphatic heterocycles. The van der Waals surface area contributed by atoms with Crippen molar-refractivity contribution < 1.29 is 14.3 Å². The topological polar surface area (TPSA) is 65.7 Å². The maximum Gasteiger partial charge on any atom is 0.256 e. The van der Waals surface area contributed by atoms with E-state index in [1.807, 2.05) is 0 Å². The van der Waals surface area contributed by atoms with Crippen LogP contribution in [0.4, 0.5) is 0 Å². The molecule has 0 spiro atoms. The molecule has 0 aromatic carbocycles. The van der Waals surface area contributed by atoms with Crippen molar-refractivity contribution in [3.05, 3.63) is 23.7 Å². The molecule has 1 unspecified atom stereocenters. The molecule has 1 atom stereocenters. The summed E-state index contributed by atoms with van der Waals surface area (Å²) in [6.45, 7) is 3.46. The third-order valence-electron chi connectivity index (χ3n) is 3.08. The minimum absolute atomic E-state index is 0.123. The summed E-state index contributed by atoms with van der Waals surface area (Å²) in [4.78, 5) is 13.6. The number of likely N-dealkylation sites (N-methyl/N-ethyl adjacent to an activating group) is 1. The Morgan fingerprint density at radius 1 is 1.71 bits per heavy atom. The van der Waals surface area contributed by atoms with Gasteiger partial charge < -0.3 is 19.7 Å². The predicted molar refractivity (Wildman–Crippen MR) is 62.8 cm³/mol. The minimum atomic E-state index is -0.802. The summed E-state index contributed by atoms with van der Waals surface area (Å²) in [5.74, 6) is 0.588. The standard InChI is InChI=1S/C12H18N2O3/c1-9-5-10(6-17-9)11(15)14(2)8-12(16)3-4-13-7-12/h5-6,13,16H,3-4,7-8H2,1-2H3. The number of rotatable bonds is 3. The number of hydrogen-bond acceptors (Lipinski definition) is 4. The number of nitrogens with zero attached hydrogens (tertiary/aromatic N) is 1. The summed E-state index contributed by atoms with van der Waals surface area (Å²) in [5, 5.41) is 13.3. The zero-order valence-electron chi connectivity index (χ0n) is 10.2. The fourth-order valence-corrected chi connectivity index (χ4v) is 2.15. The van der Waals surface area contributed by atoms with Gasteiger partial charge in [0.1, 0.15) is 12.0 Å². The lowest BCUT2D eigenvalue weighted by Gasteiger charge is -2.27. The summed E-state index contributed by atoms with van der Waals surface area (Å²) in [5.41, 5.74) is -0.275. The van der Waals surface area contributed by atoms with Gasteiger partial charge in [-0.2, -0.15) is 0 Å². The number of furan rings is 1. The first-order valence-electron chi connectivity index (χ1n) is 5.74. The number of carbonyl (C=O) groups is 1. The van der Waals surface area contributed by atoms with Crippen LogP contribution in [0.1, 0.15) is 22.5 Å². The van der Waals surface area contributed by atoms with Crippen LogP contribution < -0.4 is 5.32 Å². The summed E-state index contributed by atoms with van der Waals surface area (Å²) in [6.07, 6.45) is 2.13. The highest BCUT2D eigenvalue weighted by molar-refractivity contribution is 5.93. The van der Waals surface area contributed by atoms with Gasteiger partial charge in [-0.15, -0.1) is 0 Å². The van der Waals surface area contributed by atoms with Gasteiger partial charge in [-0.1, -0.05) is 0 Å². The lowest BCUT2D eigenvalue weighted by molar-refractivity contribution is 0.0252. The fraction of sp³-hybridized carbons (Fsp3) is 0.583. The molecular formula is C12H18N2O3. The average molecular weight is 238 g/mol. The number of nitrogens with one attached hydrogen (secondary N) is 1. The van der Waals surface area contributed by atoms with Gasteiger partial charge in [-0.3, -0.25) is 4.79 Å². The number of aliphatic hydroxyl groups is 1. The highest BCUT2D eigenvalue weighted by Gasteiger charge is 2.33. The van der Waals surface area contributed by atoms with Crippen molar-refractivity contribution in [3.8, 4) is 0 Å². The van der Waals surface area contributed by atoms with Crippen LogP contribution in [-0.2, 0) is 0 Å². The highest BCUT2D eigenvalue weighted by Crippen LogP contribution is 2.17. The van der Waals surface area contributed by atoms with Gasteiger partial charge in [-0.05, 0) is 26.0 Å². The largest absolute Gasteiger partial charge is 0.469 e. The molecule has 0 bridgehead atoms. The molecule has 1 aliphatic rings. The van der Waals surface area contributed by atoms with Crippen molar-refractivity contribution in [2.24, 2.45) is 0 Å². The molecule has 1 amide bonds. The molecular weight excluding hydrogens is 220 g/mol. The van der Waals surface area contributed by atoms with E-state index in [0.29, 0.717) is 30.8 Å². The van der Waals surface area contributed by atoms with Crippen molar-refractivity contribution in [1.82, 2.24) is 10.2 Å². The molecule has 0 radical (unpaired) electrons. The van der Waals surface area contributed by atoms with Crippen LogP contribution in [0, 0.1) is 6.92 Å². The van der Waals surface area contributed by atoms with Crippen molar-refractivity contribution in [2.45, 2.75) is 18.9 Å². The molecule has 2 heterocycles. The molecule has 2 rings (SSSR count). The number of aryl methyl sites for hydroxylation is 1. The lowest BCUT2D eigenvalue weighted by Crippen LogP contribution is -2.45. The Kier molecular flexibility index (Phi) is 3.22. The van der Waals surface area contributed by atoms with E-state index in [4.69, 9.17) is 4.42 Å². The van der Waals surface area contributed by atoms with Crippen LogP contribution >= 0.6 is 0 Å². The first kappa shape index (κ1) is 12.1. The molecule has 1 aromatic heterocycles. The Labute approximate surface area is 100 Å². The highest BCUT2D eigenvalue weighted by atomic mass is 16.3. The number of carbonyl (C=O) groups excluding carboxylic acids is 1. The Hall–Kier alpha value is -1.33. The second-order valence-electron chi connectivity index (χ2n) is 4.76. The molecule has 5 heteroatoms. The van der Waals surface area contributed by atoms with E-state index in [0.717, 1.165) is 6.54 Å². The quantitative estimate of drug-likeness (QED) is 0.799. The van der Waals surface area contributed by atoms with Crippen LogP contribution in [0.3, 0.4) is 0 Å². The van der Waals surface area contributed by atoms with Crippen LogP contribution in [0.25, 0.3) is 0 Å². The van der Waals surface area contributed by atoms with Gasteiger partial charge in [0.15, 0.2) is 0 Å². The van der Waals surface area contributed by atoms with Crippen LogP contribution in [0.2, 0.25) is 0 Å². The fourth-order valence-electron chi connectivity index (χ4n) is 2.15. The molecule has 2 N–H and O–H groups in total. The summed E-state index contributed by atoms with van der Waals surface area (Å²) in [6, 6.07) is 1.70. The Morgan fingerprint density at radius 3 is 3.00 bits per heavy atom. The van der Waals surface area contributed by atoms with Crippen molar-refractivity contribution in [2.75, 3.05) is 26.7 Å². The molecule has 17 heavy (non-hydrogen) atoms. The third-order valence-corrected chi connectivity index (χ3v) is 3.08. The number of β-amino-alcohol motifs (C(OH)–C–C–N with tert-alkyl or cyclic N) is 1. The summed E-state index contributed by atoms with van der Waals surface area (Å²) < 4.78 is 5.11. The van der Waals surface area contributed by atoms with Crippen molar-refractivity contribution in [1.29, 1.82) is 0 Å². The molecule has 1 aromatic rings. The van der Waals surface area contributed by atoms with Crippen LogP contribution in [0.5, 0.6) is 0 Å². The normalized spacial score (nSPS) is 23.9. The second-order valence-corrected chi connectivity index (χ2v) is 4.76. The maximum absolute atomic E-state index is 12.0. The van der Waals surface area contributed by atoms with E-state index in [1.54, 1.807) is 20.0 Å². The van der Waals surface area contributed by atoms with E-state index in [9.17, 15) is 9.90 Å². The average Bonchev–Trinajstić information content (AvgIpc) is 2.86. The first-order chi connectivity index (χ1) is 8.00. The van der Waals surface area contributed by atoms with E-state index in [1.165, 1.54) is 11.2 Å².